The maximum Gasteiger partial charge on any atom is 0.185 e. The molecule has 21 heavy (non-hydrogen) atoms. The van der Waals surface area contributed by atoms with Gasteiger partial charge in [0.15, 0.2) is 5.13 Å². The SMILES string of the molecule is CCCNC(C)c1csc(N2CCCC(C(C)C)CC2)n1. The van der Waals surface area contributed by atoms with E-state index >= 15 is 0 Å². The largest absolute Gasteiger partial charge is 0.348 e. The predicted molar refractivity (Wildman–Crippen MR) is 93.2 cm³/mol. The summed E-state index contributed by atoms with van der Waals surface area (Å²) in [5.74, 6) is 1.70. The van der Waals surface area contributed by atoms with Gasteiger partial charge in [0, 0.05) is 24.5 Å². The molecule has 120 valence electrons. The number of aromatic nitrogens is 1. The van der Waals surface area contributed by atoms with Crippen LogP contribution in [0.15, 0.2) is 5.38 Å². The minimum absolute atomic E-state index is 0.366. The lowest BCUT2D eigenvalue weighted by Crippen LogP contribution is -2.25. The van der Waals surface area contributed by atoms with Gasteiger partial charge in [-0.05, 0) is 51.0 Å². The van der Waals surface area contributed by atoms with Gasteiger partial charge in [0.1, 0.15) is 0 Å². The van der Waals surface area contributed by atoms with Crippen molar-refractivity contribution in [2.24, 2.45) is 11.8 Å². The minimum atomic E-state index is 0.366. The molecule has 1 fully saturated rings. The Kier molecular flexibility index (Phi) is 6.49. The lowest BCUT2D eigenvalue weighted by Gasteiger charge is -2.20. The van der Waals surface area contributed by atoms with Gasteiger partial charge in [0.25, 0.3) is 0 Å². The first kappa shape index (κ1) is 16.8. The molecule has 0 radical (unpaired) electrons. The fourth-order valence-electron chi connectivity index (χ4n) is 3.07. The molecule has 2 rings (SSSR count). The van der Waals surface area contributed by atoms with Gasteiger partial charge in [-0.15, -0.1) is 11.3 Å². The van der Waals surface area contributed by atoms with E-state index in [1.165, 1.54) is 49.6 Å². The van der Waals surface area contributed by atoms with Crippen LogP contribution in [0.2, 0.25) is 0 Å². The molecule has 2 unspecified atom stereocenters. The first-order valence-electron chi connectivity index (χ1n) is 8.55. The zero-order valence-corrected chi connectivity index (χ0v) is 14.9. The Bertz CT molecular complexity index is 416. The number of thiazole rings is 1. The van der Waals surface area contributed by atoms with E-state index in [9.17, 15) is 0 Å². The molecule has 2 atom stereocenters. The first-order chi connectivity index (χ1) is 10.1. The minimum Gasteiger partial charge on any atom is -0.348 e. The normalized spacial score (nSPS) is 21.6. The highest BCUT2D eigenvalue weighted by molar-refractivity contribution is 7.13. The van der Waals surface area contributed by atoms with Gasteiger partial charge < -0.3 is 10.2 Å². The van der Waals surface area contributed by atoms with Crippen LogP contribution in [-0.4, -0.2) is 24.6 Å². The van der Waals surface area contributed by atoms with Gasteiger partial charge in [-0.3, -0.25) is 0 Å². The van der Waals surface area contributed by atoms with Gasteiger partial charge in [-0.2, -0.15) is 0 Å². The third kappa shape index (κ3) is 4.68. The fraction of sp³-hybridized carbons (Fsp3) is 0.824. The summed E-state index contributed by atoms with van der Waals surface area (Å²) >= 11 is 1.81. The molecule has 0 aromatic carbocycles. The van der Waals surface area contributed by atoms with Gasteiger partial charge in [0.05, 0.1) is 5.69 Å². The molecular formula is C17H31N3S. The van der Waals surface area contributed by atoms with Crippen molar-refractivity contribution < 1.29 is 0 Å². The van der Waals surface area contributed by atoms with Crippen molar-refractivity contribution in [2.75, 3.05) is 24.5 Å². The summed E-state index contributed by atoms with van der Waals surface area (Å²) in [5.41, 5.74) is 1.20. The second-order valence-electron chi connectivity index (χ2n) is 6.65. The second-order valence-corrected chi connectivity index (χ2v) is 7.49. The van der Waals surface area contributed by atoms with Crippen molar-refractivity contribution in [3.8, 4) is 0 Å². The summed E-state index contributed by atoms with van der Waals surface area (Å²) < 4.78 is 0. The zero-order valence-electron chi connectivity index (χ0n) is 14.1. The Morgan fingerprint density at radius 1 is 1.33 bits per heavy atom. The molecule has 1 aromatic rings. The number of anilines is 1. The number of rotatable bonds is 6. The van der Waals surface area contributed by atoms with Crippen LogP contribution < -0.4 is 10.2 Å². The topological polar surface area (TPSA) is 28.2 Å². The van der Waals surface area contributed by atoms with Crippen molar-refractivity contribution in [3.05, 3.63) is 11.1 Å². The Hall–Kier alpha value is -0.610. The standard InChI is InChI=1S/C17H31N3S/c1-5-9-18-14(4)16-12-21-17(19-16)20-10-6-7-15(8-11-20)13(2)3/h12-15,18H,5-11H2,1-4H3. The molecule has 2 heterocycles. The number of hydrogen-bond donors (Lipinski definition) is 1. The highest BCUT2D eigenvalue weighted by atomic mass is 32.1. The Morgan fingerprint density at radius 3 is 2.86 bits per heavy atom. The van der Waals surface area contributed by atoms with Crippen LogP contribution in [0.4, 0.5) is 5.13 Å². The maximum absolute atomic E-state index is 4.88. The molecule has 1 aliphatic heterocycles. The third-order valence-corrected chi connectivity index (χ3v) is 5.56. The van der Waals surface area contributed by atoms with Crippen molar-refractivity contribution in [3.63, 3.8) is 0 Å². The molecule has 1 saturated heterocycles. The molecule has 0 aliphatic carbocycles. The van der Waals surface area contributed by atoms with Crippen molar-refractivity contribution in [1.29, 1.82) is 0 Å². The van der Waals surface area contributed by atoms with E-state index in [4.69, 9.17) is 4.98 Å². The summed E-state index contributed by atoms with van der Waals surface area (Å²) in [6.07, 6.45) is 5.17. The third-order valence-electron chi connectivity index (χ3n) is 4.64. The molecule has 0 spiro atoms. The Morgan fingerprint density at radius 2 is 2.14 bits per heavy atom. The predicted octanol–water partition coefficient (Wildman–Crippen LogP) is 4.47. The summed E-state index contributed by atoms with van der Waals surface area (Å²) in [4.78, 5) is 7.38. The molecule has 0 bridgehead atoms. The maximum atomic E-state index is 4.88. The average Bonchev–Trinajstić information content (AvgIpc) is 2.82. The molecule has 3 nitrogen and oxygen atoms in total. The van der Waals surface area contributed by atoms with E-state index in [1.807, 2.05) is 11.3 Å². The van der Waals surface area contributed by atoms with E-state index in [0.29, 0.717) is 6.04 Å². The second kappa shape index (κ2) is 8.14. The van der Waals surface area contributed by atoms with Crippen LogP contribution in [0, 0.1) is 11.8 Å². The van der Waals surface area contributed by atoms with E-state index in [1.54, 1.807) is 0 Å². The van der Waals surface area contributed by atoms with Gasteiger partial charge in [0.2, 0.25) is 0 Å². The van der Waals surface area contributed by atoms with E-state index < -0.39 is 0 Å². The Labute approximate surface area is 134 Å². The molecule has 1 aromatic heterocycles. The van der Waals surface area contributed by atoms with Crippen LogP contribution in [-0.2, 0) is 0 Å². The van der Waals surface area contributed by atoms with Crippen molar-refractivity contribution >= 4 is 16.5 Å². The summed E-state index contributed by atoms with van der Waals surface area (Å²) in [5, 5.41) is 6.98. The van der Waals surface area contributed by atoms with Gasteiger partial charge >= 0.3 is 0 Å². The average molecular weight is 310 g/mol. The van der Waals surface area contributed by atoms with E-state index in [0.717, 1.165) is 18.4 Å². The van der Waals surface area contributed by atoms with Crippen LogP contribution in [0.5, 0.6) is 0 Å². The van der Waals surface area contributed by atoms with Crippen LogP contribution >= 0.6 is 11.3 Å². The lowest BCUT2D eigenvalue weighted by molar-refractivity contribution is 0.351. The first-order valence-corrected chi connectivity index (χ1v) is 9.43. The van der Waals surface area contributed by atoms with E-state index in [-0.39, 0.29) is 0 Å². The highest BCUT2D eigenvalue weighted by Crippen LogP contribution is 2.30. The molecule has 0 amide bonds. The van der Waals surface area contributed by atoms with Crippen LogP contribution in [0.3, 0.4) is 0 Å². The summed E-state index contributed by atoms with van der Waals surface area (Å²) in [6.45, 7) is 12.6. The summed E-state index contributed by atoms with van der Waals surface area (Å²) in [6, 6.07) is 0.366. The van der Waals surface area contributed by atoms with E-state index in [2.05, 4.69) is 43.3 Å². The molecule has 4 heteroatoms. The monoisotopic (exact) mass is 309 g/mol. The number of nitrogens with zero attached hydrogens (tertiary/aromatic N) is 2. The zero-order chi connectivity index (χ0) is 15.2. The molecule has 1 aliphatic rings. The summed E-state index contributed by atoms with van der Waals surface area (Å²) in [7, 11) is 0. The number of hydrogen-bond acceptors (Lipinski definition) is 4. The molecule has 1 N–H and O–H groups in total. The number of nitrogens with one attached hydrogen (secondary N) is 1. The van der Waals surface area contributed by atoms with Crippen LogP contribution in [0.1, 0.15) is 65.1 Å². The molecular weight excluding hydrogens is 278 g/mol. The Balaban J connectivity index is 1.94. The fourth-order valence-corrected chi connectivity index (χ4v) is 4.04. The van der Waals surface area contributed by atoms with Gasteiger partial charge in [-0.1, -0.05) is 20.8 Å². The van der Waals surface area contributed by atoms with Crippen molar-refractivity contribution in [1.82, 2.24) is 10.3 Å². The van der Waals surface area contributed by atoms with Gasteiger partial charge in [-0.25, -0.2) is 4.98 Å². The quantitative estimate of drug-likeness (QED) is 0.840. The van der Waals surface area contributed by atoms with Crippen molar-refractivity contribution in [2.45, 2.75) is 59.4 Å². The highest BCUT2D eigenvalue weighted by Gasteiger charge is 2.21. The molecule has 0 saturated carbocycles. The lowest BCUT2D eigenvalue weighted by atomic mass is 9.89. The van der Waals surface area contributed by atoms with Crippen LogP contribution in [0.25, 0.3) is 0 Å². The smallest absolute Gasteiger partial charge is 0.185 e.